The van der Waals surface area contributed by atoms with Crippen molar-refractivity contribution in [2.45, 2.75) is 66.8 Å². The van der Waals surface area contributed by atoms with Crippen LogP contribution < -0.4 is 0 Å². The second-order valence-electron chi connectivity index (χ2n) is 8.18. The summed E-state index contributed by atoms with van der Waals surface area (Å²) < 4.78 is 0. The molecule has 1 unspecified atom stereocenters. The first-order valence-corrected chi connectivity index (χ1v) is 7.48. The summed E-state index contributed by atoms with van der Waals surface area (Å²) in [4.78, 5) is 2.74. The highest BCUT2D eigenvalue weighted by atomic mass is 15.2. The van der Waals surface area contributed by atoms with E-state index in [2.05, 4.69) is 46.4 Å². The molecule has 1 atom stereocenters. The van der Waals surface area contributed by atoms with Gasteiger partial charge in [-0.15, -0.1) is 0 Å². The highest BCUT2D eigenvalue weighted by Gasteiger charge is 2.51. The normalized spacial score (nSPS) is 36.5. The highest BCUT2D eigenvalue weighted by molar-refractivity contribution is 5.03. The fourth-order valence-electron chi connectivity index (χ4n) is 3.67. The van der Waals surface area contributed by atoms with Crippen LogP contribution in [0.4, 0.5) is 0 Å². The second kappa shape index (κ2) is 4.26. The van der Waals surface area contributed by atoms with Gasteiger partial charge in [-0.2, -0.15) is 0 Å². The van der Waals surface area contributed by atoms with Gasteiger partial charge in [-0.05, 0) is 55.4 Å². The predicted molar refractivity (Wildman–Crippen MR) is 75.1 cm³/mol. The molecule has 1 aliphatic heterocycles. The van der Waals surface area contributed by atoms with Crippen molar-refractivity contribution in [2.75, 3.05) is 13.1 Å². The minimum absolute atomic E-state index is 0.530. The lowest BCUT2D eigenvalue weighted by Gasteiger charge is -2.51. The van der Waals surface area contributed by atoms with Crippen LogP contribution in [0.2, 0.25) is 0 Å². The molecule has 2 rings (SSSR count). The van der Waals surface area contributed by atoms with E-state index in [-0.39, 0.29) is 0 Å². The third-order valence-electron chi connectivity index (χ3n) is 5.59. The number of hydrogen-bond acceptors (Lipinski definition) is 1. The second-order valence-corrected chi connectivity index (χ2v) is 8.18. The van der Waals surface area contributed by atoms with Crippen LogP contribution in [0.25, 0.3) is 0 Å². The van der Waals surface area contributed by atoms with Crippen LogP contribution in [0.1, 0.15) is 60.8 Å². The van der Waals surface area contributed by atoms with Gasteiger partial charge in [0.2, 0.25) is 0 Å². The summed E-state index contributed by atoms with van der Waals surface area (Å²) in [6.45, 7) is 17.1. The van der Waals surface area contributed by atoms with Gasteiger partial charge in [0.15, 0.2) is 0 Å². The summed E-state index contributed by atoms with van der Waals surface area (Å²) >= 11 is 0. The van der Waals surface area contributed by atoms with E-state index in [1.54, 1.807) is 0 Å². The zero-order valence-electron chi connectivity index (χ0n) is 12.7. The summed E-state index contributed by atoms with van der Waals surface area (Å²) in [6.07, 6.45) is 4.42. The van der Waals surface area contributed by atoms with E-state index >= 15 is 0 Å². The molecule has 1 nitrogen and oxygen atoms in total. The smallest absolute Gasteiger partial charge is 0.00901 e. The zero-order chi connectivity index (χ0) is 12.8. The van der Waals surface area contributed by atoms with Gasteiger partial charge < -0.3 is 0 Å². The highest BCUT2D eigenvalue weighted by Crippen LogP contribution is 2.57. The van der Waals surface area contributed by atoms with Crippen molar-refractivity contribution in [3.05, 3.63) is 0 Å². The number of hydrogen-bond donors (Lipinski definition) is 0. The minimum Gasteiger partial charge on any atom is -0.300 e. The molecule has 1 heteroatoms. The first kappa shape index (κ1) is 13.4. The first-order chi connectivity index (χ1) is 7.73. The van der Waals surface area contributed by atoms with E-state index in [1.807, 2.05) is 0 Å². The Balaban J connectivity index is 1.88. The van der Waals surface area contributed by atoms with E-state index in [1.165, 1.54) is 32.4 Å². The van der Waals surface area contributed by atoms with Crippen molar-refractivity contribution in [1.82, 2.24) is 4.90 Å². The Morgan fingerprint density at radius 1 is 1.12 bits per heavy atom. The van der Waals surface area contributed by atoms with Crippen molar-refractivity contribution in [2.24, 2.45) is 22.7 Å². The quantitative estimate of drug-likeness (QED) is 0.696. The van der Waals surface area contributed by atoms with Gasteiger partial charge in [-0.1, -0.05) is 34.6 Å². The van der Waals surface area contributed by atoms with Crippen molar-refractivity contribution in [3.8, 4) is 0 Å². The Morgan fingerprint density at radius 2 is 1.71 bits per heavy atom. The Labute approximate surface area is 108 Å². The van der Waals surface area contributed by atoms with Gasteiger partial charge in [-0.3, -0.25) is 4.90 Å². The monoisotopic (exact) mass is 237 g/mol. The molecule has 2 aliphatic rings. The van der Waals surface area contributed by atoms with Gasteiger partial charge >= 0.3 is 0 Å². The zero-order valence-corrected chi connectivity index (χ0v) is 12.7. The Morgan fingerprint density at radius 3 is 2.18 bits per heavy atom. The first-order valence-electron chi connectivity index (χ1n) is 7.48. The SMILES string of the molecule is CC(C)C(C)N1CCC2(CC(C(C)(C)C)C2)C1. The standard InChI is InChI=1S/C16H31N/c1-12(2)13(3)17-8-7-16(11-17)9-14(10-16)15(4,5)6/h12-14H,7-11H2,1-6H3. The minimum atomic E-state index is 0.530. The molecule has 1 saturated heterocycles. The summed E-state index contributed by atoms with van der Waals surface area (Å²) in [5.74, 6) is 1.76. The molecule has 0 bridgehead atoms. The largest absolute Gasteiger partial charge is 0.300 e. The maximum Gasteiger partial charge on any atom is 0.00901 e. The summed E-state index contributed by atoms with van der Waals surface area (Å²) in [5, 5.41) is 0. The number of likely N-dealkylation sites (tertiary alicyclic amines) is 1. The van der Waals surface area contributed by atoms with Crippen molar-refractivity contribution < 1.29 is 0 Å². The van der Waals surface area contributed by atoms with Gasteiger partial charge in [0.25, 0.3) is 0 Å². The molecule has 1 aliphatic carbocycles. The number of rotatable bonds is 2. The van der Waals surface area contributed by atoms with E-state index in [0.717, 1.165) is 17.9 Å². The lowest BCUT2D eigenvalue weighted by Crippen LogP contribution is -2.46. The fourth-order valence-corrected chi connectivity index (χ4v) is 3.67. The lowest BCUT2D eigenvalue weighted by atomic mass is 9.54. The van der Waals surface area contributed by atoms with Gasteiger partial charge in [0.05, 0.1) is 0 Å². The molecule has 1 heterocycles. The molecule has 100 valence electrons. The molecule has 2 fully saturated rings. The van der Waals surface area contributed by atoms with Crippen LogP contribution >= 0.6 is 0 Å². The average Bonchev–Trinajstić information content (AvgIpc) is 2.56. The Bertz CT molecular complexity index is 268. The van der Waals surface area contributed by atoms with Crippen LogP contribution in [0.5, 0.6) is 0 Å². The summed E-state index contributed by atoms with van der Waals surface area (Å²) in [7, 11) is 0. The lowest BCUT2D eigenvalue weighted by molar-refractivity contribution is -0.00955. The fraction of sp³-hybridized carbons (Fsp3) is 1.00. The third kappa shape index (κ3) is 2.54. The maximum absolute atomic E-state index is 2.74. The molecule has 1 spiro atoms. The molecule has 0 aromatic rings. The molecule has 17 heavy (non-hydrogen) atoms. The average molecular weight is 237 g/mol. The van der Waals surface area contributed by atoms with E-state index in [9.17, 15) is 0 Å². The van der Waals surface area contributed by atoms with E-state index < -0.39 is 0 Å². The molecule has 0 amide bonds. The van der Waals surface area contributed by atoms with Gasteiger partial charge in [-0.25, -0.2) is 0 Å². The van der Waals surface area contributed by atoms with Crippen molar-refractivity contribution in [1.29, 1.82) is 0 Å². The van der Waals surface area contributed by atoms with Crippen LogP contribution in [0.3, 0.4) is 0 Å². The molecule has 1 saturated carbocycles. The summed E-state index contributed by atoms with van der Waals surface area (Å²) in [5.41, 5.74) is 1.24. The van der Waals surface area contributed by atoms with Crippen LogP contribution in [0.15, 0.2) is 0 Å². The maximum atomic E-state index is 2.74. The number of nitrogens with zero attached hydrogens (tertiary/aromatic N) is 1. The Kier molecular flexibility index (Phi) is 3.36. The van der Waals surface area contributed by atoms with E-state index in [0.29, 0.717) is 10.8 Å². The Hall–Kier alpha value is -0.0400. The molecular weight excluding hydrogens is 206 g/mol. The summed E-state index contributed by atoms with van der Waals surface area (Å²) in [6, 6.07) is 0.767. The van der Waals surface area contributed by atoms with Gasteiger partial charge in [0.1, 0.15) is 0 Å². The molecule has 0 aromatic carbocycles. The molecule has 0 radical (unpaired) electrons. The van der Waals surface area contributed by atoms with Crippen LogP contribution in [0, 0.1) is 22.7 Å². The molecule has 0 aromatic heterocycles. The van der Waals surface area contributed by atoms with E-state index in [4.69, 9.17) is 0 Å². The van der Waals surface area contributed by atoms with Crippen molar-refractivity contribution in [3.63, 3.8) is 0 Å². The molecule has 0 N–H and O–H groups in total. The van der Waals surface area contributed by atoms with Crippen LogP contribution in [-0.2, 0) is 0 Å². The van der Waals surface area contributed by atoms with Crippen molar-refractivity contribution >= 4 is 0 Å². The van der Waals surface area contributed by atoms with Crippen LogP contribution in [-0.4, -0.2) is 24.0 Å². The molecular formula is C16H31N. The van der Waals surface area contributed by atoms with Gasteiger partial charge in [0, 0.05) is 12.6 Å². The topological polar surface area (TPSA) is 3.24 Å². The predicted octanol–water partition coefficient (Wildman–Crippen LogP) is 4.18. The third-order valence-corrected chi connectivity index (χ3v) is 5.59.